The highest BCUT2D eigenvalue weighted by molar-refractivity contribution is 6.02. The van der Waals surface area contributed by atoms with Gasteiger partial charge >= 0.3 is 0 Å². The molecule has 2 N–H and O–H groups in total. The second-order valence-electron chi connectivity index (χ2n) is 7.58. The summed E-state index contributed by atoms with van der Waals surface area (Å²) in [6.45, 7) is 6.28. The lowest BCUT2D eigenvalue weighted by atomic mass is 9.87. The van der Waals surface area contributed by atoms with Gasteiger partial charge in [0.2, 0.25) is 0 Å². The number of hydrazone groups is 1. The number of amides is 1. The number of fused-ring (bicyclic) bond motifs is 1. The topological polar surface area (TPSA) is 70.9 Å². The van der Waals surface area contributed by atoms with Crippen molar-refractivity contribution in [3.8, 4) is 11.5 Å². The van der Waals surface area contributed by atoms with E-state index in [2.05, 4.69) is 31.3 Å². The number of nitrogens with one attached hydrogen (secondary N) is 1. The van der Waals surface area contributed by atoms with Gasteiger partial charge in [-0.25, -0.2) is 5.43 Å². The molecule has 5 heteroatoms. The van der Waals surface area contributed by atoms with Gasteiger partial charge in [0.1, 0.15) is 11.5 Å². The zero-order valence-electron chi connectivity index (χ0n) is 16.3. The third kappa shape index (κ3) is 4.68. The lowest BCUT2D eigenvalue weighted by Crippen LogP contribution is -2.24. The monoisotopic (exact) mass is 376 g/mol. The predicted octanol–water partition coefficient (Wildman–Crippen LogP) is 4.37. The molecule has 0 atom stereocenters. The van der Waals surface area contributed by atoms with E-state index in [1.54, 1.807) is 6.07 Å². The number of carbonyl (C=O) groups is 1. The molecule has 0 aliphatic rings. The van der Waals surface area contributed by atoms with Crippen LogP contribution in [0.1, 0.15) is 31.9 Å². The van der Waals surface area contributed by atoms with Crippen molar-refractivity contribution < 1.29 is 14.6 Å². The zero-order chi connectivity index (χ0) is 20.1. The molecule has 3 rings (SSSR count). The van der Waals surface area contributed by atoms with E-state index in [4.69, 9.17) is 4.74 Å². The number of benzene rings is 3. The highest BCUT2D eigenvalue weighted by atomic mass is 16.5. The average molecular weight is 376 g/mol. The summed E-state index contributed by atoms with van der Waals surface area (Å²) in [5, 5.41) is 15.9. The fourth-order valence-corrected chi connectivity index (χ4v) is 2.82. The Labute approximate surface area is 164 Å². The molecule has 144 valence electrons. The maximum atomic E-state index is 12.0. The Hall–Kier alpha value is -3.34. The highest BCUT2D eigenvalue weighted by Crippen LogP contribution is 2.25. The van der Waals surface area contributed by atoms with Crippen molar-refractivity contribution in [1.29, 1.82) is 0 Å². The Morgan fingerprint density at radius 2 is 1.79 bits per heavy atom. The Bertz CT molecular complexity index is 1000. The summed E-state index contributed by atoms with van der Waals surface area (Å²) in [5.74, 6) is 0.349. The molecule has 0 aromatic heterocycles. The first kappa shape index (κ1) is 19.4. The van der Waals surface area contributed by atoms with Crippen LogP contribution in [-0.2, 0) is 10.2 Å². The van der Waals surface area contributed by atoms with Crippen LogP contribution in [0.5, 0.6) is 11.5 Å². The molecular weight excluding hydrogens is 352 g/mol. The summed E-state index contributed by atoms with van der Waals surface area (Å²) in [5.41, 5.74) is 4.24. The molecule has 5 nitrogen and oxygen atoms in total. The van der Waals surface area contributed by atoms with Gasteiger partial charge in [-0.2, -0.15) is 5.10 Å². The van der Waals surface area contributed by atoms with Gasteiger partial charge in [0.05, 0.1) is 6.21 Å². The van der Waals surface area contributed by atoms with Crippen LogP contribution in [0.4, 0.5) is 0 Å². The molecule has 3 aromatic carbocycles. The minimum Gasteiger partial charge on any atom is -0.507 e. The largest absolute Gasteiger partial charge is 0.507 e. The summed E-state index contributed by atoms with van der Waals surface area (Å²) in [6.07, 6.45) is 1.44. The molecule has 0 bridgehead atoms. The van der Waals surface area contributed by atoms with Gasteiger partial charge < -0.3 is 9.84 Å². The van der Waals surface area contributed by atoms with Crippen molar-refractivity contribution >= 4 is 22.9 Å². The van der Waals surface area contributed by atoms with Crippen LogP contribution in [0.2, 0.25) is 0 Å². The van der Waals surface area contributed by atoms with Crippen LogP contribution in [0.15, 0.2) is 65.8 Å². The smallest absolute Gasteiger partial charge is 0.277 e. The van der Waals surface area contributed by atoms with Gasteiger partial charge in [-0.05, 0) is 39.9 Å². The molecule has 0 radical (unpaired) electrons. The van der Waals surface area contributed by atoms with Crippen molar-refractivity contribution in [1.82, 2.24) is 5.43 Å². The Morgan fingerprint density at radius 3 is 2.50 bits per heavy atom. The van der Waals surface area contributed by atoms with E-state index in [1.807, 2.05) is 54.6 Å². The maximum Gasteiger partial charge on any atom is 0.277 e. The van der Waals surface area contributed by atoms with E-state index < -0.39 is 0 Å². The molecule has 0 spiro atoms. The molecule has 0 aliphatic carbocycles. The lowest BCUT2D eigenvalue weighted by Gasteiger charge is -2.19. The zero-order valence-corrected chi connectivity index (χ0v) is 16.3. The van der Waals surface area contributed by atoms with Crippen LogP contribution >= 0.6 is 0 Å². The second-order valence-corrected chi connectivity index (χ2v) is 7.58. The summed E-state index contributed by atoms with van der Waals surface area (Å²) in [6, 6.07) is 18.8. The number of carbonyl (C=O) groups excluding carboxylic acids is 1. The maximum absolute atomic E-state index is 12.0. The number of phenolic OH excluding ortho intramolecular Hbond substituents is 1. The number of phenols is 1. The van der Waals surface area contributed by atoms with E-state index in [9.17, 15) is 9.90 Å². The first-order chi connectivity index (χ1) is 13.3. The van der Waals surface area contributed by atoms with Gasteiger partial charge in [-0.1, -0.05) is 63.2 Å². The standard InChI is InChI=1S/C23H24N2O3/c1-23(2,3)17-9-11-18(12-10-17)28-15-22(27)25-24-14-20-19-7-5-4-6-16(19)8-13-21(20)26/h4-14,26H,15H2,1-3H3,(H,25,27). The van der Waals surface area contributed by atoms with Crippen molar-refractivity contribution in [2.75, 3.05) is 6.61 Å². The van der Waals surface area contributed by atoms with Crippen molar-refractivity contribution in [2.24, 2.45) is 5.10 Å². The van der Waals surface area contributed by atoms with E-state index in [-0.39, 0.29) is 23.7 Å². The minimum absolute atomic E-state index is 0.0673. The first-order valence-corrected chi connectivity index (χ1v) is 9.10. The number of hydrogen-bond donors (Lipinski definition) is 2. The lowest BCUT2D eigenvalue weighted by molar-refractivity contribution is -0.123. The van der Waals surface area contributed by atoms with Crippen LogP contribution in [-0.4, -0.2) is 23.8 Å². The molecule has 1 amide bonds. The number of nitrogens with zero attached hydrogens (tertiary/aromatic N) is 1. The third-order valence-electron chi connectivity index (χ3n) is 4.42. The summed E-state index contributed by atoms with van der Waals surface area (Å²) < 4.78 is 5.50. The quantitative estimate of drug-likeness (QED) is 0.513. The minimum atomic E-state index is -0.379. The first-order valence-electron chi connectivity index (χ1n) is 9.10. The molecule has 0 heterocycles. The van der Waals surface area contributed by atoms with Crippen molar-refractivity contribution in [3.05, 3.63) is 71.8 Å². The fraction of sp³-hybridized carbons (Fsp3) is 0.217. The molecule has 3 aromatic rings. The SMILES string of the molecule is CC(C)(C)c1ccc(OCC(=O)NN=Cc2c(O)ccc3ccccc23)cc1. The van der Waals surface area contributed by atoms with E-state index in [0.717, 1.165) is 10.8 Å². The summed E-state index contributed by atoms with van der Waals surface area (Å²) >= 11 is 0. The van der Waals surface area contributed by atoms with E-state index in [1.165, 1.54) is 11.8 Å². The van der Waals surface area contributed by atoms with E-state index >= 15 is 0 Å². The van der Waals surface area contributed by atoms with Crippen LogP contribution in [0, 0.1) is 0 Å². The fourth-order valence-electron chi connectivity index (χ4n) is 2.82. The van der Waals surface area contributed by atoms with Gasteiger partial charge in [0.25, 0.3) is 5.91 Å². The summed E-state index contributed by atoms with van der Waals surface area (Å²) in [4.78, 5) is 12.0. The Morgan fingerprint density at radius 1 is 1.07 bits per heavy atom. The summed E-state index contributed by atoms with van der Waals surface area (Å²) in [7, 11) is 0. The number of ether oxygens (including phenoxy) is 1. The van der Waals surface area contributed by atoms with Gasteiger partial charge in [0, 0.05) is 5.56 Å². The van der Waals surface area contributed by atoms with Gasteiger partial charge in [-0.15, -0.1) is 0 Å². The molecular formula is C23H24N2O3. The molecule has 28 heavy (non-hydrogen) atoms. The molecule has 0 fully saturated rings. The van der Waals surface area contributed by atoms with Gasteiger partial charge in [0.15, 0.2) is 6.61 Å². The second kappa shape index (κ2) is 8.13. The van der Waals surface area contributed by atoms with Gasteiger partial charge in [-0.3, -0.25) is 4.79 Å². The molecule has 0 saturated heterocycles. The third-order valence-corrected chi connectivity index (χ3v) is 4.42. The van der Waals surface area contributed by atoms with Crippen LogP contribution in [0.25, 0.3) is 10.8 Å². The molecule has 0 unspecified atom stereocenters. The highest BCUT2D eigenvalue weighted by Gasteiger charge is 2.13. The predicted molar refractivity (Wildman–Crippen MR) is 112 cm³/mol. The molecule has 0 aliphatic heterocycles. The Balaban J connectivity index is 1.58. The number of aromatic hydroxyl groups is 1. The Kier molecular flexibility index (Phi) is 5.64. The van der Waals surface area contributed by atoms with Crippen molar-refractivity contribution in [2.45, 2.75) is 26.2 Å². The number of rotatable bonds is 5. The van der Waals surface area contributed by atoms with Crippen LogP contribution in [0.3, 0.4) is 0 Å². The molecule has 0 saturated carbocycles. The van der Waals surface area contributed by atoms with Crippen molar-refractivity contribution in [3.63, 3.8) is 0 Å². The van der Waals surface area contributed by atoms with Crippen LogP contribution < -0.4 is 10.2 Å². The average Bonchev–Trinajstić information content (AvgIpc) is 2.68. The normalized spacial score (nSPS) is 11.7. The number of hydrogen-bond acceptors (Lipinski definition) is 4. The van der Waals surface area contributed by atoms with E-state index in [0.29, 0.717) is 11.3 Å².